The molecule has 0 bridgehead atoms. The number of ether oxygens (including phenoxy) is 1. The summed E-state index contributed by atoms with van der Waals surface area (Å²) in [6.07, 6.45) is 2.10. The van der Waals surface area contributed by atoms with Crippen molar-refractivity contribution < 1.29 is 13.9 Å². The van der Waals surface area contributed by atoms with Crippen molar-refractivity contribution in [3.8, 4) is 6.07 Å². The summed E-state index contributed by atoms with van der Waals surface area (Å²) in [5.74, 6) is -0.121. The summed E-state index contributed by atoms with van der Waals surface area (Å²) in [6, 6.07) is 5.63. The van der Waals surface area contributed by atoms with Gasteiger partial charge in [-0.2, -0.15) is 5.26 Å². The summed E-state index contributed by atoms with van der Waals surface area (Å²) in [7, 11) is 0. The number of nitrogens with zero attached hydrogens (tertiary/aromatic N) is 3. The molecular weight excluding hydrogens is 323 g/mol. The normalized spacial score (nSPS) is 21.6. The summed E-state index contributed by atoms with van der Waals surface area (Å²) >= 11 is 0. The van der Waals surface area contributed by atoms with Crippen LogP contribution in [0.15, 0.2) is 18.2 Å². The first-order valence-corrected chi connectivity index (χ1v) is 8.71. The summed E-state index contributed by atoms with van der Waals surface area (Å²) < 4.78 is 18.8. The molecule has 1 N–H and O–H groups in total. The van der Waals surface area contributed by atoms with Crippen LogP contribution < -0.4 is 5.32 Å². The second-order valence-corrected chi connectivity index (χ2v) is 6.60. The van der Waals surface area contributed by atoms with Crippen molar-refractivity contribution in [2.24, 2.45) is 5.92 Å². The molecular formula is C18H23FN4O2. The number of anilines is 1. The third-order valence-electron chi connectivity index (χ3n) is 4.76. The van der Waals surface area contributed by atoms with Crippen LogP contribution >= 0.6 is 0 Å². The monoisotopic (exact) mass is 346 g/mol. The van der Waals surface area contributed by atoms with E-state index in [0.717, 1.165) is 58.8 Å². The van der Waals surface area contributed by atoms with Crippen molar-refractivity contribution in [3.63, 3.8) is 0 Å². The number of morpholine rings is 1. The van der Waals surface area contributed by atoms with Gasteiger partial charge in [0, 0.05) is 38.4 Å². The Morgan fingerprint density at radius 2 is 2.16 bits per heavy atom. The predicted octanol–water partition coefficient (Wildman–Crippen LogP) is 2.27. The number of rotatable bonds is 3. The molecule has 1 aromatic carbocycles. The molecule has 1 aromatic rings. The van der Waals surface area contributed by atoms with E-state index >= 15 is 0 Å². The van der Waals surface area contributed by atoms with Crippen molar-refractivity contribution >= 4 is 11.7 Å². The quantitative estimate of drug-likeness (QED) is 0.912. The average molecular weight is 346 g/mol. The molecule has 2 fully saturated rings. The van der Waals surface area contributed by atoms with Crippen molar-refractivity contribution in [3.05, 3.63) is 29.6 Å². The second-order valence-electron chi connectivity index (χ2n) is 6.60. The minimum absolute atomic E-state index is 0.0679. The van der Waals surface area contributed by atoms with E-state index in [0.29, 0.717) is 11.6 Å². The number of amides is 2. The van der Waals surface area contributed by atoms with Gasteiger partial charge in [0.05, 0.1) is 18.8 Å². The number of urea groups is 1. The zero-order chi connectivity index (χ0) is 17.6. The molecule has 7 heteroatoms. The molecule has 2 amide bonds. The topological polar surface area (TPSA) is 68.6 Å². The Morgan fingerprint density at radius 3 is 2.92 bits per heavy atom. The zero-order valence-electron chi connectivity index (χ0n) is 14.2. The highest BCUT2D eigenvalue weighted by molar-refractivity contribution is 5.89. The standard InChI is InChI=1S/C18H23FN4O2/c19-17-4-3-16(10-15(17)11-20)21-18(24)23-5-1-2-14(13-23)12-22-6-8-25-9-7-22/h3-4,10,14H,1-2,5-9,12-13H2,(H,21,24)/t14-/m0/s1. The molecule has 25 heavy (non-hydrogen) atoms. The number of halogens is 1. The van der Waals surface area contributed by atoms with Gasteiger partial charge in [0.25, 0.3) is 0 Å². The molecule has 0 spiro atoms. The van der Waals surface area contributed by atoms with Crippen LogP contribution in [0, 0.1) is 23.1 Å². The fourth-order valence-electron chi connectivity index (χ4n) is 3.44. The predicted molar refractivity (Wildman–Crippen MR) is 91.7 cm³/mol. The van der Waals surface area contributed by atoms with Gasteiger partial charge in [0.2, 0.25) is 0 Å². The van der Waals surface area contributed by atoms with Gasteiger partial charge in [0.15, 0.2) is 0 Å². The van der Waals surface area contributed by atoms with Crippen molar-refractivity contribution in [2.75, 3.05) is 51.3 Å². The highest BCUT2D eigenvalue weighted by Gasteiger charge is 2.26. The Hall–Kier alpha value is -2.17. The Labute approximate surface area is 147 Å². The Balaban J connectivity index is 1.55. The summed E-state index contributed by atoms with van der Waals surface area (Å²) in [6.45, 7) is 5.89. The number of carbonyl (C=O) groups is 1. The number of nitriles is 1. The molecule has 2 aliphatic heterocycles. The van der Waals surface area contributed by atoms with Gasteiger partial charge < -0.3 is 15.0 Å². The van der Waals surface area contributed by atoms with E-state index in [2.05, 4.69) is 10.2 Å². The number of nitrogens with one attached hydrogen (secondary N) is 1. The first kappa shape index (κ1) is 17.6. The van der Waals surface area contributed by atoms with Gasteiger partial charge in [-0.1, -0.05) is 0 Å². The Morgan fingerprint density at radius 1 is 1.36 bits per heavy atom. The number of likely N-dealkylation sites (tertiary alicyclic amines) is 1. The van der Waals surface area contributed by atoms with Crippen molar-refractivity contribution in [2.45, 2.75) is 12.8 Å². The molecule has 0 saturated carbocycles. The molecule has 0 aliphatic carbocycles. The van der Waals surface area contributed by atoms with Gasteiger partial charge in [-0.25, -0.2) is 9.18 Å². The maximum absolute atomic E-state index is 13.4. The van der Waals surface area contributed by atoms with Crippen LogP contribution in [0.2, 0.25) is 0 Å². The molecule has 0 unspecified atom stereocenters. The number of hydrogen-bond donors (Lipinski definition) is 1. The van der Waals surface area contributed by atoms with E-state index in [1.807, 2.05) is 4.90 Å². The minimum atomic E-state index is -0.580. The smallest absolute Gasteiger partial charge is 0.321 e. The Kier molecular flexibility index (Phi) is 5.84. The van der Waals surface area contributed by atoms with Crippen LogP contribution in [0.4, 0.5) is 14.9 Å². The molecule has 3 rings (SSSR count). The van der Waals surface area contributed by atoms with Gasteiger partial charge in [-0.05, 0) is 37.0 Å². The van der Waals surface area contributed by atoms with E-state index in [1.165, 1.54) is 18.2 Å². The average Bonchev–Trinajstić information content (AvgIpc) is 2.64. The molecule has 2 saturated heterocycles. The molecule has 2 aliphatic rings. The number of piperidine rings is 1. The summed E-state index contributed by atoms with van der Waals surface area (Å²) in [5.41, 5.74) is 0.375. The van der Waals surface area contributed by atoms with Gasteiger partial charge in [0.1, 0.15) is 11.9 Å². The fourth-order valence-corrected chi connectivity index (χ4v) is 3.44. The van der Waals surface area contributed by atoms with E-state index in [4.69, 9.17) is 10.00 Å². The maximum atomic E-state index is 13.4. The third-order valence-corrected chi connectivity index (χ3v) is 4.76. The van der Waals surface area contributed by atoms with E-state index < -0.39 is 5.82 Å². The Bertz CT molecular complexity index is 655. The van der Waals surface area contributed by atoms with E-state index in [-0.39, 0.29) is 11.6 Å². The highest BCUT2D eigenvalue weighted by atomic mass is 19.1. The fraction of sp³-hybridized carbons (Fsp3) is 0.556. The second kappa shape index (κ2) is 8.28. The largest absolute Gasteiger partial charge is 0.379 e. The first-order chi connectivity index (χ1) is 12.2. The van der Waals surface area contributed by atoms with Crippen LogP contribution in [-0.4, -0.2) is 61.8 Å². The van der Waals surface area contributed by atoms with E-state index in [9.17, 15) is 9.18 Å². The van der Waals surface area contributed by atoms with Crippen LogP contribution in [0.1, 0.15) is 18.4 Å². The number of hydrogen-bond acceptors (Lipinski definition) is 4. The minimum Gasteiger partial charge on any atom is -0.379 e. The molecule has 0 radical (unpaired) electrons. The number of carbonyl (C=O) groups excluding carboxylic acids is 1. The lowest BCUT2D eigenvalue weighted by Gasteiger charge is -2.36. The lowest BCUT2D eigenvalue weighted by atomic mass is 9.97. The molecule has 134 valence electrons. The summed E-state index contributed by atoms with van der Waals surface area (Å²) in [5, 5.41) is 11.7. The van der Waals surface area contributed by atoms with Crippen molar-refractivity contribution in [1.29, 1.82) is 5.26 Å². The first-order valence-electron chi connectivity index (χ1n) is 8.71. The molecule has 0 aromatic heterocycles. The summed E-state index contributed by atoms with van der Waals surface area (Å²) in [4.78, 5) is 16.7. The van der Waals surface area contributed by atoms with E-state index in [1.54, 1.807) is 6.07 Å². The maximum Gasteiger partial charge on any atom is 0.321 e. The van der Waals surface area contributed by atoms with Crippen LogP contribution in [0.5, 0.6) is 0 Å². The van der Waals surface area contributed by atoms with Gasteiger partial charge in [-0.3, -0.25) is 4.90 Å². The molecule has 6 nitrogen and oxygen atoms in total. The number of benzene rings is 1. The SMILES string of the molecule is N#Cc1cc(NC(=O)N2CCC[C@@H](CN3CCOCC3)C2)ccc1F. The lowest BCUT2D eigenvalue weighted by molar-refractivity contribution is 0.0252. The zero-order valence-corrected chi connectivity index (χ0v) is 14.2. The lowest BCUT2D eigenvalue weighted by Crippen LogP contribution is -2.47. The van der Waals surface area contributed by atoms with Crippen LogP contribution in [-0.2, 0) is 4.74 Å². The van der Waals surface area contributed by atoms with Crippen LogP contribution in [0.25, 0.3) is 0 Å². The van der Waals surface area contributed by atoms with Gasteiger partial charge >= 0.3 is 6.03 Å². The van der Waals surface area contributed by atoms with Crippen molar-refractivity contribution in [1.82, 2.24) is 9.80 Å². The molecule has 1 atom stereocenters. The highest BCUT2D eigenvalue weighted by Crippen LogP contribution is 2.20. The third kappa shape index (κ3) is 4.68. The molecule has 2 heterocycles. The van der Waals surface area contributed by atoms with Crippen LogP contribution in [0.3, 0.4) is 0 Å². The van der Waals surface area contributed by atoms with Gasteiger partial charge in [-0.15, -0.1) is 0 Å².